The summed E-state index contributed by atoms with van der Waals surface area (Å²) in [7, 11) is 0.259. The van der Waals surface area contributed by atoms with Gasteiger partial charge in [-0.2, -0.15) is 0 Å². The van der Waals surface area contributed by atoms with Gasteiger partial charge in [-0.15, -0.1) is 0 Å². The van der Waals surface area contributed by atoms with E-state index in [0.717, 1.165) is 11.3 Å². The first-order valence-corrected chi connectivity index (χ1v) is 11.0. The SMILES string of the molecule is CC(C)(C)P1CC2c3ccccc3C1CP2C(C)(C)C. The fourth-order valence-electron chi connectivity index (χ4n) is 3.96. The Kier molecular flexibility index (Phi) is 3.59. The third-order valence-electron chi connectivity index (χ3n) is 4.93. The second-order valence-corrected chi connectivity index (χ2v) is 14.8. The molecule has 0 saturated carbocycles. The normalized spacial score (nSPS) is 33.1. The minimum Gasteiger partial charge on any atom is -0.0921 e. The Bertz CT molecular complexity index is 460. The Hall–Kier alpha value is 0.0800. The highest BCUT2D eigenvalue weighted by molar-refractivity contribution is 7.67. The number of hydrogen-bond acceptors (Lipinski definition) is 0. The summed E-state index contributed by atoms with van der Waals surface area (Å²) < 4.78 is 0. The zero-order chi connectivity index (χ0) is 14.7. The van der Waals surface area contributed by atoms with Gasteiger partial charge in [-0.25, -0.2) is 0 Å². The molecule has 3 heterocycles. The lowest BCUT2D eigenvalue weighted by Crippen LogP contribution is -2.35. The largest absolute Gasteiger partial charge is 0.0921 e. The smallest absolute Gasteiger partial charge is 0.00894 e. The number of hydrogen-bond donors (Lipinski definition) is 0. The van der Waals surface area contributed by atoms with Gasteiger partial charge in [0.25, 0.3) is 0 Å². The van der Waals surface area contributed by atoms with Crippen LogP contribution < -0.4 is 0 Å². The first-order valence-electron chi connectivity index (χ1n) is 7.82. The van der Waals surface area contributed by atoms with Crippen molar-refractivity contribution < 1.29 is 0 Å². The molecule has 0 amide bonds. The quantitative estimate of drug-likeness (QED) is 0.489. The molecule has 1 aromatic carbocycles. The molecule has 3 aliphatic heterocycles. The number of rotatable bonds is 0. The summed E-state index contributed by atoms with van der Waals surface area (Å²) in [6.07, 6.45) is 2.98. The Morgan fingerprint density at radius 2 is 1.10 bits per heavy atom. The third-order valence-corrected chi connectivity index (χ3v) is 12.9. The second kappa shape index (κ2) is 4.79. The summed E-state index contributed by atoms with van der Waals surface area (Å²) in [5.74, 6) is 0. The molecule has 4 rings (SSSR count). The van der Waals surface area contributed by atoms with E-state index in [4.69, 9.17) is 0 Å². The molecule has 2 bridgehead atoms. The van der Waals surface area contributed by atoms with Crippen molar-refractivity contribution >= 4 is 15.8 Å². The molecule has 0 radical (unpaired) electrons. The number of fused-ring (bicyclic) bond motifs is 2. The zero-order valence-electron chi connectivity index (χ0n) is 13.8. The van der Waals surface area contributed by atoms with E-state index in [9.17, 15) is 0 Å². The van der Waals surface area contributed by atoms with E-state index in [1.165, 1.54) is 12.3 Å². The van der Waals surface area contributed by atoms with Crippen molar-refractivity contribution in [2.24, 2.45) is 0 Å². The Morgan fingerprint density at radius 3 is 1.40 bits per heavy atom. The highest BCUT2D eigenvalue weighted by Crippen LogP contribution is 2.80. The summed E-state index contributed by atoms with van der Waals surface area (Å²) in [5, 5.41) is 1.01. The molecule has 1 aromatic rings. The molecule has 0 aliphatic carbocycles. The van der Waals surface area contributed by atoms with E-state index in [0.29, 0.717) is 10.3 Å². The fourth-order valence-corrected chi connectivity index (χ4v) is 12.3. The molecular weight excluding hydrogens is 278 g/mol. The van der Waals surface area contributed by atoms with Crippen LogP contribution >= 0.6 is 15.8 Å². The maximum absolute atomic E-state index is 2.47. The van der Waals surface area contributed by atoms with Crippen molar-refractivity contribution in [3.05, 3.63) is 35.4 Å². The van der Waals surface area contributed by atoms with Crippen LogP contribution in [0.25, 0.3) is 0 Å². The first kappa shape index (κ1) is 15.0. The van der Waals surface area contributed by atoms with Gasteiger partial charge in [-0.1, -0.05) is 81.7 Å². The van der Waals surface area contributed by atoms with Gasteiger partial charge < -0.3 is 0 Å². The maximum Gasteiger partial charge on any atom is 0.00894 e. The predicted molar refractivity (Wildman–Crippen MR) is 95.0 cm³/mol. The minimum atomic E-state index is 0.129. The van der Waals surface area contributed by atoms with E-state index >= 15 is 0 Å². The van der Waals surface area contributed by atoms with Crippen molar-refractivity contribution in [1.82, 2.24) is 0 Å². The summed E-state index contributed by atoms with van der Waals surface area (Å²) in [4.78, 5) is 0. The second-order valence-electron chi connectivity index (χ2n) is 8.31. The lowest BCUT2D eigenvalue weighted by Gasteiger charge is -2.56. The topological polar surface area (TPSA) is 0 Å². The summed E-state index contributed by atoms with van der Waals surface area (Å²) in [6, 6.07) is 9.38. The van der Waals surface area contributed by atoms with Gasteiger partial charge in [0.2, 0.25) is 0 Å². The van der Waals surface area contributed by atoms with Crippen molar-refractivity contribution in [3.8, 4) is 0 Å². The zero-order valence-corrected chi connectivity index (χ0v) is 15.6. The third kappa shape index (κ3) is 2.38. The van der Waals surface area contributed by atoms with Gasteiger partial charge in [-0.05, 0) is 33.8 Å². The molecule has 1 fully saturated rings. The molecule has 20 heavy (non-hydrogen) atoms. The van der Waals surface area contributed by atoms with Gasteiger partial charge in [-0.3, -0.25) is 0 Å². The molecule has 2 heteroatoms. The molecule has 1 saturated heterocycles. The van der Waals surface area contributed by atoms with Crippen LogP contribution in [0.4, 0.5) is 0 Å². The highest BCUT2D eigenvalue weighted by Gasteiger charge is 2.50. The monoisotopic (exact) mass is 306 g/mol. The van der Waals surface area contributed by atoms with E-state index < -0.39 is 0 Å². The molecule has 110 valence electrons. The van der Waals surface area contributed by atoms with Crippen LogP contribution in [0.15, 0.2) is 24.3 Å². The van der Waals surface area contributed by atoms with Crippen molar-refractivity contribution in [2.75, 3.05) is 12.3 Å². The van der Waals surface area contributed by atoms with E-state index in [2.05, 4.69) is 65.8 Å². The predicted octanol–water partition coefficient (Wildman–Crippen LogP) is 6.36. The summed E-state index contributed by atoms with van der Waals surface area (Å²) in [5.41, 5.74) is 5.17. The van der Waals surface area contributed by atoms with Crippen LogP contribution in [0.3, 0.4) is 0 Å². The Morgan fingerprint density at radius 1 is 0.750 bits per heavy atom. The van der Waals surface area contributed by atoms with Gasteiger partial charge >= 0.3 is 0 Å². The highest BCUT2D eigenvalue weighted by atomic mass is 31.1. The van der Waals surface area contributed by atoms with Gasteiger partial charge in [0, 0.05) is 11.3 Å². The van der Waals surface area contributed by atoms with Crippen molar-refractivity contribution in [1.29, 1.82) is 0 Å². The van der Waals surface area contributed by atoms with Crippen molar-refractivity contribution in [3.63, 3.8) is 0 Å². The van der Waals surface area contributed by atoms with Crippen LogP contribution in [0, 0.1) is 0 Å². The molecule has 0 aromatic heterocycles. The minimum absolute atomic E-state index is 0.129. The van der Waals surface area contributed by atoms with E-state index in [1.807, 2.05) is 0 Å². The molecule has 0 N–H and O–H groups in total. The lowest BCUT2D eigenvalue weighted by molar-refractivity contribution is 0.713. The van der Waals surface area contributed by atoms with E-state index in [-0.39, 0.29) is 15.8 Å². The average Bonchev–Trinajstić information content (AvgIpc) is 2.36. The van der Waals surface area contributed by atoms with Crippen LogP contribution in [-0.4, -0.2) is 22.6 Å². The van der Waals surface area contributed by atoms with Crippen LogP contribution in [0.5, 0.6) is 0 Å². The average molecular weight is 306 g/mol. The first-order chi connectivity index (χ1) is 9.19. The summed E-state index contributed by atoms with van der Waals surface area (Å²) in [6.45, 7) is 14.8. The van der Waals surface area contributed by atoms with E-state index in [1.54, 1.807) is 11.1 Å². The number of benzene rings is 1. The van der Waals surface area contributed by atoms with Crippen LogP contribution in [0.2, 0.25) is 0 Å². The van der Waals surface area contributed by atoms with Crippen LogP contribution in [-0.2, 0) is 0 Å². The molecule has 4 atom stereocenters. The maximum atomic E-state index is 2.47. The molecule has 0 nitrogen and oxygen atoms in total. The molecular formula is C18H28P2. The Labute approximate surface area is 127 Å². The van der Waals surface area contributed by atoms with Gasteiger partial charge in [0.15, 0.2) is 0 Å². The lowest BCUT2D eigenvalue weighted by atomic mass is 10.0. The Balaban J connectivity index is 2.07. The standard InChI is InChI=1S/C18H28P2/c1-17(2,3)19-11-16-14-10-8-7-9-13(14)15(19)12-20(16)18(4,5)6/h7-10,15-16H,11-12H2,1-6H3. The molecule has 0 spiro atoms. The summed E-state index contributed by atoms with van der Waals surface area (Å²) >= 11 is 0. The van der Waals surface area contributed by atoms with Gasteiger partial charge in [0.1, 0.15) is 0 Å². The molecule has 3 aliphatic rings. The van der Waals surface area contributed by atoms with Crippen molar-refractivity contribution in [2.45, 2.75) is 63.2 Å². The molecule has 4 unspecified atom stereocenters. The van der Waals surface area contributed by atoms with Crippen LogP contribution in [0.1, 0.15) is 64.0 Å². The van der Waals surface area contributed by atoms with Gasteiger partial charge in [0.05, 0.1) is 0 Å². The fraction of sp³-hybridized carbons (Fsp3) is 0.667.